The van der Waals surface area contributed by atoms with E-state index in [1.165, 1.54) is 6.20 Å². The van der Waals surface area contributed by atoms with Crippen LogP contribution in [0.5, 0.6) is 0 Å². The second-order valence-corrected chi connectivity index (χ2v) is 3.56. The molecule has 1 aliphatic rings. The molecule has 76 valence electrons. The Morgan fingerprint density at radius 1 is 1.64 bits per heavy atom. The van der Waals surface area contributed by atoms with E-state index in [1.54, 1.807) is 0 Å². The molecule has 1 aromatic heterocycles. The first-order valence-corrected chi connectivity index (χ1v) is 4.86. The van der Waals surface area contributed by atoms with Gasteiger partial charge in [-0.2, -0.15) is 0 Å². The lowest BCUT2D eigenvalue weighted by Gasteiger charge is -2.20. The highest BCUT2D eigenvalue weighted by atomic mass is 16.5. The van der Waals surface area contributed by atoms with E-state index in [0.717, 1.165) is 32.5 Å². The third-order valence-corrected chi connectivity index (χ3v) is 2.41. The van der Waals surface area contributed by atoms with Crippen molar-refractivity contribution in [3.05, 3.63) is 17.8 Å². The average Bonchev–Trinajstić information content (AvgIpc) is 2.67. The van der Waals surface area contributed by atoms with Crippen LogP contribution in [0, 0.1) is 5.92 Å². The van der Waals surface area contributed by atoms with Crippen LogP contribution >= 0.6 is 0 Å². The zero-order chi connectivity index (χ0) is 9.80. The lowest BCUT2D eigenvalue weighted by molar-refractivity contribution is 0.0525. The Hall–Kier alpha value is -1.16. The van der Waals surface area contributed by atoms with Crippen LogP contribution in [-0.2, 0) is 11.2 Å². The summed E-state index contributed by atoms with van der Waals surface area (Å²) >= 11 is 0. The number of nitrogens with zero attached hydrogens (tertiary/aromatic N) is 1. The molecule has 4 nitrogen and oxygen atoms in total. The zero-order valence-electron chi connectivity index (χ0n) is 7.94. The Morgan fingerprint density at radius 3 is 3.21 bits per heavy atom. The van der Waals surface area contributed by atoms with E-state index in [4.69, 9.17) is 9.15 Å². The molecule has 1 atom stereocenters. The number of carbonyl (C=O) groups excluding carboxylic acids is 1. The molecule has 2 rings (SSSR count). The summed E-state index contributed by atoms with van der Waals surface area (Å²) in [6, 6.07) is 0. The Morgan fingerprint density at radius 2 is 2.57 bits per heavy atom. The fourth-order valence-corrected chi connectivity index (χ4v) is 1.69. The van der Waals surface area contributed by atoms with E-state index in [9.17, 15) is 4.79 Å². The topological polar surface area (TPSA) is 52.3 Å². The third kappa shape index (κ3) is 2.20. The van der Waals surface area contributed by atoms with Crippen molar-refractivity contribution in [2.75, 3.05) is 13.2 Å². The van der Waals surface area contributed by atoms with Gasteiger partial charge in [0.05, 0.1) is 6.20 Å². The Labute approximate surface area is 82.3 Å². The molecular weight excluding hydrogens is 182 g/mol. The molecule has 0 aromatic carbocycles. The van der Waals surface area contributed by atoms with Crippen LogP contribution in [0.3, 0.4) is 0 Å². The van der Waals surface area contributed by atoms with Gasteiger partial charge in [0.2, 0.25) is 0 Å². The fraction of sp³-hybridized carbons (Fsp3) is 0.600. The number of aromatic nitrogens is 1. The molecule has 1 fully saturated rings. The first-order valence-electron chi connectivity index (χ1n) is 4.86. The molecule has 1 unspecified atom stereocenters. The first kappa shape index (κ1) is 9.40. The summed E-state index contributed by atoms with van der Waals surface area (Å²) in [5.41, 5.74) is 0. The molecule has 1 aliphatic heterocycles. The lowest BCUT2D eigenvalue weighted by Crippen LogP contribution is -2.19. The van der Waals surface area contributed by atoms with Gasteiger partial charge in [0.15, 0.2) is 17.9 Å². The molecule has 0 spiro atoms. The molecule has 14 heavy (non-hydrogen) atoms. The highest BCUT2D eigenvalue weighted by Gasteiger charge is 2.16. The standard InChI is InChI=1S/C10H13NO3/c12-6-9-5-11-10(14-9)4-8-2-1-3-13-7-8/h5-6,8H,1-4,7H2. The Bertz CT molecular complexity index is 302. The monoisotopic (exact) mass is 195 g/mol. The highest BCUT2D eigenvalue weighted by molar-refractivity contribution is 5.69. The van der Waals surface area contributed by atoms with Gasteiger partial charge in [0.1, 0.15) is 0 Å². The minimum absolute atomic E-state index is 0.303. The van der Waals surface area contributed by atoms with Crippen LogP contribution < -0.4 is 0 Å². The van der Waals surface area contributed by atoms with E-state index >= 15 is 0 Å². The van der Waals surface area contributed by atoms with Crippen LogP contribution in [0.2, 0.25) is 0 Å². The van der Waals surface area contributed by atoms with Crippen molar-refractivity contribution in [2.24, 2.45) is 5.92 Å². The number of ether oxygens (including phenoxy) is 1. The van der Waals surface area contributed by atoms with Crippen LogP contribution in [-0.4, -0.2) is 24.5 Å². The van der Waals surface area contributed by atoms with Gasteiger partial charge in [-0.05, 0) is 18.8 Å². The molecule has 1 saturated heterocycles. The summed E-state index contributed by atoms with van der Waals surface area (Å²) in [6.45, 7) is 1.64. The Balaban J connectivity index is 1.92. The van der Waals surface area contributed by atoms with Gasteiger partial charge in [0.25, 0.3) is 0 Å². The minimum Gasteiger partial charge on any atom is -0.438 e. The molecule has 1 aromatic rings. The highest BCUT2D eigenvalue weighted by Crippen LogP contribution is 2.18. The van der Waals surface area contributed by atoms with Gasteiger partial charge in [-0.15, -0.1) is 0 Å². The van der Waals surface area contributed by atoms with E-state index in [-0.39, 0.29) is 0 Å². The molecule has 0 radical (unpaired) electrons. The van der Waals surface area contributed by atoms with Crippen molar-refractivity contribution >= 4 is 6.29 Å². The summed E-state index contributed by atoms with van der Waals surface area (Å²) in [6.07, 6.45) is 5.17. The van der Waals surface area contributed by atoms with Crippen molar-refractivity contribution in [2.45, 2.75) is 19.3 Å². The van der Waals surface area contributed by atoms with E-state index < -0.39 is 0 Å². The van der Waals surface area contributed by atoms with Crippen molar-refractivity contribution in [1.82, 2.24) is 4.98 Å². The molecule has 2 heterocycles. The fourth-order valence-electron chi connectivity index (χ4n) is 1.69. The van der Waals surface area contributed by atoms with Gasteiger partial charge in [0, 0.05) is 19.6 Å². The summed E-state index contributed by atoms with van der Waals surface area (Å²) in [4.78, 5) is 14.4. The number of oxazole rings is 1. The average molecular weight is 195 g/mol. The van der Waals surface area contributed by atoms with Gasteiger partial charge >= 0.3 is 0 Å². The second-order valence-electron chi connectivity index (χ2n) is 3.56. The van der Waals surface area contributed by atoms with Gasteiger partial charge in [-0.25, -0.2) is 4.98 Å². The van der Waals surface area contributed by atoms with Crippen molar-refractivity contribution in [3.63, 3.8) is 0 Å². The molecule has 0 amide bonds. The lowest BCUT2D eigenvalue weighted by atomic mass is 9.99. The normalized spacial score (nSPS) is 22.1. The maximum Gasteiger partial charge on any atom is 0.195 e. The molecular formula is C10H13NO3. The number of carbonyl (C=O) groups is 1. The van der Waals surface area contributed by atoms with Crippen LogP contribution in [0.4, 0.5) is 0 Å². The van der Waals surface area contributed by atoms with Crippen LogP contribution in [0.1, 0.15) is 29.3 Å². The zero-order valence-corrected chi connectivity index (χ0v) is 7.94. The number of aldehydes is 1. The summed E-state index contributed by atoms with van der Waals surface area (Å²) in [7, 11) is 0. The third-order valence-electron chi connectivity index (χ3n) is 2.41. The number of hydrogen-bond acceptors (Lipinski definition) is 4. The van der Waals surface area contributed by atoms with Crippen molar-refractivity contribution < 1.29 is 13.9 Å². The number of rotatable bonds is 3. The van der Waals surface area contributed by atoms with Crippen LogP contribution in [0.25, 0.3) is 0 Å². The summed E-state index contributed by atoms with van der Waals surface area (Å²) in [5.74, 6) is 1.43. The first-order chi connectivity index (χ1) is 6.88. The summed E-state index contributed by atoms with van der Waals surface area (Å²) in [5, 5.41) is 0. The van der Waals surface area contributed by atoms with Gasteiger partial charge < -0.3 is 9.15 Å². The predicted octanol–water partition coefficient (Wildman–Crippen LogP) is 1.46. The maximum absolute atomic E-state index is 10.4. The number of hydrogen-bond donors (Lipinski definition) is 0. The van der Waals surface area contributed by atoms with Crippen molar-refractivity contribution in [3.8, 4) is 0 Å². The van der Waals surface area contributed by atoms with E-state index in [2.05, 4.69) is 4.98 Å². The van der Waals surface area contributed by atoms with Gasteiger partial charge in [-0.1, -0.05) is 0 Å². The van der Waals surface area contributed by atoms with Crippen LogP contribution in [0.15, 0.2) is 10.6 Å². The molecule has 4 heteroatoms. The predicted molar refractivity (Wildman–Crippen MR) is 49.1 cm³/mol. The van der Waals surface area contributed by atoms with E-state index in [1.807, 2.05) is 0 Å². The quantitative estimate of drug-likeness (QED) is 0.685. The smallest absolute Gasteiger partial charge is 0.195 e. The Kier molecular flexibility index (Phi) is 2.93. The van der Waals surface area contributed by atoms with Gasteiger partial charge in [-0.3, -0.25) is 4.79 Å². The molecule has 0 bridgehead atoms. The SMILES string of the molecule is O=Cc1cnc(CC2CCCOC2)o1. The summed E-state index contributed by atoms with van der Waals surface area (Å²) < 4.78 is 10.5. The molecule has 0 saturated carbocycles. The van der Waals surface area contributed by atoms with Crippen molar-refractivity contribution in [1.29, 1.82) is 0 Å². The maximum atomic E-state index is 10.4. The minimum atomic E-state index is 0.303. The molecule has 0 N–H and O–H groups in total. The molecule has 0 aliphatic carbocycles. The largest absolute Gasteiger partial charge is 0.438 e. The van der Waals surface area contributed by atoms with E-state index in [0.29, 0.717) is 23.9 Å². The second kappa shape index (κ2) is 4.37.